The molecule has 0 spiro atoms. The van der Waals surface area contributed by atoms with Gasteiger partial charge in [0.1, 0.15) is 0 Å². The third-order valence-electron chi connectivity index (χ3n) is 4.16. The van der Waals surface area contributed by atoms with E-state index in [0.717, 1.165) is 13.0 Å². The Labute approximate surface area is 138 Å². The van der Waals surface area contributed by atoms with Crippen molar-refractivity contribution < 1.29 is 14.3 Å². The highest BCUT2D eigenvalue weighted by molar-refractivity contribution is 5.98. The van der Waals surface area contributed by atoms with Crippen molar-refractivity contribution in [2.45, 2.75) is 32.4 Å². The van der Waals surface area contributed by atoms with Crippen LogP contribution < -0.4 is 20.1 Å². The molecule has 1 aromatic carbocycles. The predicted octanol–water partition coefficient (Wildman–Crippen LogP) is 2.24. The lowest BCUT2D eigenvalue weighted by Gasteiger charge is -2.36. The number of ether oxygens (including phenoxy) is 2. The molecule has 2 N–H and O–H groups in total. The molecular formula is C16H25ClN2O3. The molecule has 22 heavy (non-hydrogen) atoms. The Bertz CT molecular complexity index is 500. The monoisotopic (exact) mass is 328 g/mol. The molecule has 6 heteroatoms. The van der Waals surface area contributed by atoms with Gasteiger partial charge < -0.3 is 20.1 Å². The summed E-state index contributed by atoms with van der Waals surface area (Å²) in [5.41, 5.74) is 0.502. The normalized spacial score (nSPS) is 24.1. The van der Waals surface area contributed by atoms with E-state index in [9.17, 15) is 4.79 Å². The fraction of sp³-hybridized carbons (Fsp3) is 0.562. The molecule has 0 saturated carbocycles. The van der Waals surface area contributed by atoms with Gasteiger partial charge in [-0.1, -0.05) is 13.0 Å². The number of methoxy groups -OCH3 is 2. The lowest BCUT2D eigenvalue weighted by molar-refractivity contribution is 0.0894. The molecule has 1 amide bonds. The van der Waals surface area contributed by atoms with Crippen LogP contribution in [0.3, 0.4) is 0 Å². The number of piperidine rings is 1. The Kier molecular flexibility index (Phi) is 6.97. The van der Waals surface area contributed by atoms with Gasteiger partial charge in [0.2, 0.25) is 0 Å². The molecule has 0 aliphatic carbocycles. The summed E-state index contributed by atoms with van der Waals surface area (Å²) in [6.07, 6.45) is 1.06. The van der Waals surface area contributed by atoms with Crippen LogP contribution in [-0.4, -0.2) is 38.8 Å². The minimum absolute atomic E-state index is 0. The molecule has 1 saturated heterocycles. The van der Waals surface area contributed by atoms with Crippen LogP contribution in [-0.2, 0) is 0 Å². The molecule has 1 fully saturated rings. The van der Waals surface area contributed by atoms with E-state index in [-0.39, 0.29) is 30.4 Å². The number of hydrogen-bond donors (Lipinski definition) is 2. The van der Waals surface area contributed by atoms with Gasteiger partial charge in [-0.3, -0.25) is 4.79 Å². The van der Waals surface area contributed by atoms with Crippen molar-refractivity contribution in [1.29, 1.82) is 0 Å². The molecular weight excluding hydrogens is 304 g/mol. The Hall–Kier alpha value is -1.46. The fourth-order valence-electron chi connectivity index (χ4n) is 2.90. The number of para-hydroxylation sites is 1. The van der Waals surface area contributed by atoms with Gasteiger partial charge in [-0.15, -0.1) is 12.4 Å². The van der Waals surface area contributed by atoms with Gasteiger partial charge >= 0.3 is 0 Å². The first-order valence-electron chi connectivity index (χ1n) is 7.33. The molecule has 1 aliphatic heterocycles. The first kappa shape index (κ1) is 18.6. The molecule has 0 bridgehead atoms. The van der Waals surface area contributed by atoms with Crippen molar-refractivity contribution in [3.8, 4) is 11.5 Å². The van der Waals surface area contributed by atoms with E-state index in [1.54, 1.807) is 32.4 Å². The zero-order chi connectivity index (χ0) is 15.4. The Balaban J connectivity index is 0.00000242. The minimum atomic E-state index is -0.127. The summed E-state index contributed by atoms with van der Waals surface area (Å²) in [7, 11) is 3.11. The second-order valence-corrected chi connectivity index (χ2v) is 5.55. The molecule has 2 rings (SSSR count). The number of rotatable bonds is 4. The maximum absolute atomic E-state index is 12.6. The van der Waals surface area contributed by atoms with Gasteiger partial charge in [-0.05, 0) is 37.9 Å². The zero-order valence-corrected chi connectivity index (χ0v) is 14.3. The number of halogens is 1. The summed E-state index contributed by atoms with van der Waals surface area (Å²) in [6.45, 7) is 5.27. The highest BCUT2D eigenvalue weighted by Crippen LogP contribution is 2.31. The van der Waals surface area contributed by atoms with E-state index in [0.29, 0.717) is 23.0 Å². The number of hydrogen-bond acceptors (Lipinski definition) is 4. The topological polar surface area (TPSA) is 59.6 Å². The van der Waals surface area contributed by atoms with Crippen LogP contribution in [0.4, 0.5) is 0 Å². The third kappa shape index (κ3) is 3.84. The standard InChI is InChI=1S/C16H24N2O3.ClH/c1-10-8-9-17-11(2)14(10)18-16(19)12-6-5-7-13(20-3)15(12)21-4;/h5-7,10-11,14,17H,8-9H2,1-4H3,(H,18,19);1H. The average molecular weight is 329 g/mol. The third-order valence-corrected chi connectivity index (χ3v) is 4.16. The van der Waals surface area contributed by atoms with Crippen molar-refractivity contribution in [1.82, 2.24) is 10.6 Å². The molecule has 5 nitrogen and oxygen atoms in total. The Morgan fingerprint density at radius 2 is 2.00 bits per heavy atom. The van der Waals surface area contributed by atoms with E-state index >= 15 is 0 Å². The summed E-state index contributed by atoms with van der Waals surface area (Å²) in [4.78, 5) is 12.6. The van der Waals surface area contributed by atoms with E-state index in [4.69, 9.17) is 9.47 Å². The maximum Gasteiger partial charge on any atom is 0.255 e. The van der Waals surface area contributed by atoms with Gasteiger partial charge in [-0.2, -0.15) is 0 Å². The largest absolute Gasteiger partial charge is 0.493 e. The van der Waals surface area contributed by atoms with Crippen molar-refractivity contribution in [2.75, 3.05) is 20.8 Å². The predicted molar refractivity (Wildman–Crippen MR) is 89.3 cm³/mol. The van der Waals surface area contributed by atoms with Crippen molar-refractivity contribution in [3.63, 3.8) is 0 Å². The van der Waals surface area contributed by atoms with Gasteiger partial charge in [0.25, 0.3) is 5.91 Å². The quantitative estimate of drug-likeness (QED) is 0.890. The highest BCUT2D eigenvalue weighted by Gasteiger charge is 2.29. The van der Waals surface area contributed by atoms with E-state index in [2.05, 4.69) is 24.5 Å². The molecule has 124 valence electrons. The summed E-state index contributed by atoms with van der Waals surface area (Å²) >= 11 is 0. The van der Waals surface area contributed by atoms with Crippen LogP contribution in [0.25, 0.3) is 0 Å². The van der Waals surface area contributed by atoms with Crippen LogP contribution in [0.2, 0.25) is 0 Å². The van der Waals surface area contributed by atoms with Crippen molar-refractivity contribution >= 4 is 18.3 Å². The molecule has 3 unspecified atom stereocenters. The number of amides is 1. The van der Waals surface area contributed by atoms with E-state index < -0.39 is 0 Å². The molecule has 1 aromatic rings. The summed E-state index contributed by atoms with van der Waals surface area (Å²) in [6, 6.07) is 5.70. The van der Waals surface area contributed by atoms with Gasteiger partial charge in [0, 0.05) is 12.1 Å². The van der Waals surface area contributed by atoms with Crippen molar-refractivity contribution in [3.05, 3.63) is 23.8 Å². The number of nitrogens with one attached hydrogen (secondary N) is 2. The van der Waals surface area contributed by atoms with Crippen LogP contribution >= 0.6 is 12.4 Å². The van der Waals surface area contributed by atoms with Gasteiger partial charge in [0.05, 0.1) is 19.8 Å². The first-order chi connectivity index (χ1) is 10.1. The van der Waals surface area contributed by atoms with Crippen LogP contribution in [0.1, 0.15) is 30.6 Å². The average Bonchev–Trinajstić information content (AvgIpc) is 2.49. The van der Waals surface area contributed by atoms with Crippen molar-refractivity contribution in [2.24, 2.45) is 5.92 Å². The molecule has 0 aromatic heterocycles. The van der Waals surface area contributed by atoms with E-state index in [1.807, 2.05) is 0 Å². The first-order valence-corrected chi connectivity index (χ1v) is 7.33. The highest BCUT2D eigenvalue weighted by atomic mass is 35.5. The Morgan fingerprint density at radius 1 is 1.27 bits per heavy atom. The summed E-state index contributed by atoms with van der Waals surface area (Å²) < 4.78 is 10.6. The SMILES string of the molecule is COc1cccc(C(=O)NC2C(C)CCNC2C)c1OC.Cl. The lowest BCUT2D eigenvalue weighted by atomic mass is 9.89. The number of carbonyl (C=O) groups excluding carboxylic acids is 1. The van der Waals surface area contributed by atoms with Crippen LogP contribution in [0.5, 0.6) is 11.5 Å². The molecule has 1 aliphatic rings. The molecule has 0 radical (unpaired) electrons. The Morgan fingerprint density at radius 3 is 2.59 bits per heavy atom. The molecule has 1 heterocycles. The summed E-state index contributed by atoms with van der Waals surface area (Å²) in [5, 5.41) is 6.52. The van der Waals surface area contributed by atoms with Gasteiger partial charge in [0.15, 0.2) is 11.5 Å². The van der Waals surface area contributed by atoms with Gasteiger partial charge in [-0.25, -0.2) is 0 Å². The smallest absolute Gasteiger partial charge is 0.255 e. The zero-order valence-electron chi connectivity index (χ0n) is 13.5. The summed E-state index contributed by atoms with van der Waals surface area (Å²) in [5.74, 6) is 1.36. The molecule has 3 atom stereocenters. The van der Waals surface area contributed by atoms with Crippen LogP contribution in [0.15, 0.2) is 18.2 Å². The maximum atomic E-state index is 12.6. The fourth-order valence-corrected chi connectivity index (χ4v) is 2.90. The van der Waals surface area contributed by atoms with Crippen LogP contribution in [0, 0.1) is 5.92 Å². The lowest BCUT2D eigenvalue weighted by Crippen LogP contribution is -2.55. The second-order valence-electron chi connectivity index (χ2n) is 5.55. The number of benzene rings is 1. The second kappa shape index (κ2) is 8.25. The number of carbonyl (C=O) groups is 1. The minimum Gasteiger partial charge on any atom is -0.493 e. The van der Waals surface area contributed by atoms with E-state index in [1.165, 1.54) is 0 Å².